The second kappa shape index (κ2) is 7.43. The molecule has 1 saturated carbocycles. The minimum Gasteiger partial charge on any atom is -0.507 e. The van der Waals surface area contributed by atoms with E-state index in [-0.39, 0.29) is 17.8 Å². The van der Waals surface area contributed by atoms with E-state index in [9.17, 15) is 9.90 Å². The van der Waals surface area contributed by atoms with E-state index in [1.807, 2.05) is 0 Å². The molecule has 1 aromatic rings. The molecule has 0 spiro atoms. The zero-order valence-corrected chi connectivity index (χ0v) is 12.5. The van der Waals surface area contributed by atoms with Gasteiger partial charge in [0.25, 0.3) is 5.91 Å². The summed E-state index contributed by atoms with van der Waals surface area (Å²) in [6.07, 6.45) is 4.26. The molecular formula is C16H24N2O3. The number of phenols is 1. The van der Waals surface area contributed by atoms with Gasteiger partial charge in [-0.3, -0.25) is 4.79 Å². The normalized spacial score (nSPS) is 22.0. The second-order valence-electron chi connectivity index (χ2n) is 5.63. The standard InChI is InChI=1S/C16H24N2O3/c1-11-3-2-4-14(15(11)19)16(20)18-9-10-21-13-7-5-12(17)6-8-13/h2-4,12-13,19H,5-10,17H2,1H3,(H,18,20). The highest BCUT2D eigenvalue weighted by molar-refractivity contribution is 5.97. The van der Waals surface area contributed by atoms with Gasteiger partial charge < -0.3 is 20.9 Å². The van der Waals surface area contributed by atoms with Gasteiger partial charge in [-0.25, -0.2) is 0 Å². The maximum atomic E-state index is 12.0. The van der Waals surface area contributed by atoms with Crippen molar-refractivity contribution < 1.29 is 14.6 Å². The fourth-order valence-corrected chi connectivity index (χ4v) is 2.58. The maximum Gasteiger partial charge on any atom is 0.255 e. The van der Waals surface area contributed by atoms with E-state index < -0.39 is 0 Å². The highest BCUT2D eigenvalue weighted by Crippen LogP contribution is 2.21. The number of benzene rings is 1. The van der Waals surface area contributed by atoms with Gasteiger partial charge in [-0.2, -0.15) is 0 Å². The number of amides is 1. The van der Waals surface area contributed by atoms with E-state index >= 15 is 0 Å². The number of para-hydroxylation sites is 1. The summed E-state index contributed by atoms with van der Waals surface area (Å²) in [5.41, 5.74) is 6.84. The third kappa shape index (κ3) is 4.44. The van der Waals surface area contributed by atoms with Crippen molar-refractivity contribution in [1.29, 1.82) is 0 Å². The highest BCUT2D eigenvalue weighted by Gasteiger charge is 2.18. The van der Waals surface area contributed by atoms with Crippen LogP contribution in [0.5, 0.6) is 5.75 Å². The van der Waals surface area contributed by atoms with Crippen LogP contribution in [0, 0.1) is 6.92 Å². The van der Waals surface area contributed by atoms with Crippen LogP contribution in [0.1, 0.15) is 41.6 Å². The van der Waals surface area contributed by atoms with Crippen molar-refractivity contribution in [3.05, 3.63) is 29.3 Å². The first-order valence-electron chi connectivity index (χ1n) is 7.52. The molecule has 5 nitrogen and oxygen atoms in total. The summed E-state index contributed by atoms with van der Waals surface area (Å²) in [5.74, 6) is -0.234. The first kappa shape index (κ1) is 15.8. The van der Waals surface area contributed by atoms with Gasteiger partial charge in [0.15, 0.2) is 0 Å². The van der Waals surface area contributed by atoms with E-state index in [4.69, 9.17) is 10.5 Å². The number of hydrogen-bond donors (Lipinski definition) is 3. The molecule has 0 atom stereocenters. The molecular weight excluding hydrogens is 268 g/mol. The van der Waals surface area contributed by atoms with Gasteiger partial charge in [-0.1, -0.05) is 12.1 Å². The number of ether oxygens (including phenoxy) is 1. The number of carbonyl (C=O) groups excluding carboxylic acids is 1. The van der Waals surface area contributed by atoms with Gasteiger partial charge >= 0.3 is 0 Å². The lowest BCUT2D eigenvalue weighted by Gasteiger charge is -2.26. The fourth-order valence-electron chi connectivity index (χ4n) is 2.58. The number of nitrogens with two attached hydrogens (primary N) is 1. The minimum atomic E-state index is -0.273. The zero-order chi connectivity index (χ0) is 15.2. The summed E-state index contributed by atoms with van der Waals surface area (Å²) in [7, 11) is 0. The largest absolute Gasteiger partial charge is 0.507 e. The fraction of sp³-hybridized carbons (Fsp3) is 0.562. The predicted octanol–water partition coefficient (Wildman–Crippen LogP) is 1.72. The first-order chi connectivity index (χ1) is 10.1. The number of hydrogen-bond acceptors (Lipinski definition) is 4. The predicted molar refractivity (Wildman–Crippen MR) is 81.4 cm³/mol. The van der Waals surface area contributed by atoms with Crippen molar-refractivity contribution >= 4 is 5.91 Å². The average molecular weight is 292 g/mol. The Bertz CT molecular complexity index is 482. The molecule has 2 rings (SSSR count). The van der Waals surface area contributed by atoms with Gasteiger partial charge in [0.1, 0.15) is 5.75 Å². The van der Waals surface area contributed by atoms with Crippen molar-refractivity contribution in [2.75, 3.05) is 13.2 Å². The maximum absolute atomic E-state index is 12.0. The van der Waals surface area contributed by atoms with Crippen LogP contribution in [-0.4, -0.2) is 36.3 Å². The van der Waals surface area contributed by atoms with Crippen LogP contribution >= 0.6 is 0 Å². The van der Waals surface area contributed by atoms with Crippen molar-refractivity contribution in [2.24, 2.45) is 5.73 Å². The molecule has 4 N–H and O–H groups in total. The number of nitrogens with one attached hydrogen (secondary N) is 1. The molecule has 116 valence electrons. The Morgan fingerprint density at radius 2 is 2.10 bits per heavy atom. The molecule has 21 heavy (non-hydrogen) atoms. The summed E-state index contributed by atoms with van der Waals surface area (Å²) in [6, 6.07) is 5.45. The lowest BCUT2D eigenvalue weighted by molar-refractivity contribution is 0.0267. The molecule has 0 radical (unpaired) electrons. The van der Waals surface area contributed by atoms with Crippen molar-refractivity contribution in [3.8, 4) is 5.75 Å². The average Bonchev–Trinajstić information content (AvgIpc) is 2.48. The number of carbonyl (C=O) groups is 1. The second-order valence-corrected chi connectivity index (χ2v) is 5.63. The highest BCUT2D eigenvalue weighted by atomic mass is 16.5. The molecule has 1 aliphatic rings. The van der Waals surface area contributed by atoms with Crippen LogP contribution in [0.25, 0.3) is 0 Å². The molecule has 1 amide bonds. The Labute approximate surface area is 125 Å². The first-order valence-corrected chi connectivity index (χ1v) is 7.52. The summed E-state index contributed by atoms with van der Waals surface area (Å²) < 4.78 is 5.74. The van der Waals surface area contributed by atoms with Crippen molar-refractivity contribution in [1.82, 2.24) is 5.32 Å². The Balaban J connectivity index is 1.71. The van der Waals surface area contributed by atoms with Crippen molar-refractivity contribution in [3.63, 3.8) is 0 Å². The van der Waals surface area contributed by atoms with Crippen LogP contribution in [0.4, 0.5) is 0 Å². The van der Waals surface area contributed by atoms with E-state index in [2.05, 4.69) is 5.32 Å². The van der Waals surface area contributed by atoms with Crippen LogP contribution in [0.3, 0.4) is 0 Å². The minimum absolute atomic E-state index is 0.0391. The van der Waals surface area contributed by atoms with Gasteiger partial charge in [0.05, 0.1) is 18.3 Å². The lowest BCUT2D eigenvalue weighted by Crippen LogP contribution is -2.33. The van der Waals surface area contributed by atoms with Crippen LogP contribution < -0.4 is 11.1 Å². The number of aromatic hydroxyl groups is 1. The van der Waals surface area contributed by atoms with Crippen LogP contribution in [-0.2, 0) is 4.74 Å². The lowest BCUT2D eigenvalue weighted by atomic mass is 9.94. The third-order valence-electron chi connectivity index (χ3n) is 3.94. The molecule has 0 aliphatic heterocycles. The number of aryl methyl sites for hydroxylation is 1. The van der Waals surface area contributed by atoms with Crippen LogP contribution in [0.15, 0.2) is 18.2 Å². The molecule has 5 heteroatoms. The topological polar surface area (TPSA) is 84.6 Å². The summed E-state index contributed by atoms with van der Waals surface area (Å²) in [4.78, 5) is 12.0. The molecule has 0 heterocycles. The molecule has 0 aromatic heterocycles. The van der Waals surface area contributed by atoms with E-state index in [0.29, 0.717) is 30.3 Å². The summed E-state index contributed by atoms with van der Waals surface area (Å²) >= 11 is 0. The van der Waals surface area contributed by atoms with Gasteiger partial charge in [-0.05, 0) is 44.2 Å². The Morgan fingerprint density at radius 3 is 2.81 bits per heavy atom. The van der Waals surface area contributed by atoms with Gasteiger partial charge in [0, 0.05) is 12.6 Å². The monoisotopic (exact) mass is 292 g/mol. The van der Waals surface area contributed by atoms with Crippen LogP contribution in [0.2, 0.25) is 0 Å². The number of rotatable bonds is 5. The zero-order valence-electron chi connectivity index (χ0n) is 12.5. The third-order valence-corrected chi connectivity index (χ3v) is 3.94. The van der Waals surface area contributed by atoms with E-state index in [1.54, 1.807) is 25.1 Å². The molecule has 0 saturated heterocycles. The molecule has 1 aliphatic carbocycles. The smallest absolute Gasteiger partial charge is 0.255 e. The summed E-state index contributed by atoms with van der Waals surface area (Å²) in [6.45, 7) is 2.69. The van der Waals surface area contributed by atoms with Gasteiger partial charge in [0.2, 0.25) is 0 Å². The molecule has 0 unspecified atom stereocenters. The molecule has 0 bridgehead atoms. The summed E-state index contributed by atoms with van der Waals surface area (Å²) in [5, 5.41) is 12.6. The van der Waals surface area contributed by atoms with E-state index in [1.165, 1.54) is 0 Å². The SMILES string of the molecule is Cc1cccc(C(=O)NCCOC2CCC(N)CC2)c1O. The van der Waals surface area contributed by atoms with Gasteiger partial charge in [-0.15, -0.1) is 0 Å². The molecule has 1 fully saturated rings. The number of phenolic OH excluding ortho intramolecular Hbond substituents is 1. The Kier molecular flexibility index (Phi) is 5.59. The molecule has 1 aromatic carbocycles. The quantitative estimate of drug-likeness (QED) is 0.721. The Morgan fingerprint density at radius 1 is 1.38 bits per heavy atom. The Hall–Kier alpha value is -1.59. The van der Waals surface area contributed by atoms with E-state index in [0.717, 1.165) is 25.7 Å². The van der Waals surface area contributed by atoms with Crippen molar-refractivity contribution in [2.45, 2.75) is 44.8 Å².